The molecule has 0 saturated carbocycles. The molecule has 3 rings (SSSR count). The Kier molecular flexibility index (Phi) is 5.52. The number of sulfone groups is 1. The summed E-state index contributed by atoms with van der Waals surface area (Å²) < 4.78 is 25.3. The minimum absolute atomic E-state index is 0.174. The van der Waals surface area contributed by atoms with Gasteiger partial charge in [-0.05, 0) is 55.0 Å². The zero-order valence-corrected chi connectivity index (χ0v) is 15.5. The summed E-state index contributed by atoms with van der Waals surface area (Å²) in [5, 5.41) is 5.39. The monoisotopic (exact) mass is 381 g/mol. The highest BCUT2D eigenvalue weighted by Gasteiger charge is 2.17. The number of hydrogen-bond acceptors (Lipinski definition) is 4. The van der Waals surface area contributed by atoms with Crippen LogP contribution in [0.2, 0.25) is 0 Å². The fraction of sp³-hybridized carbons (Fsp3) is 0.100. The molecule has 2 aromatic carbocycles. The Hall–Kier alpha value is -3.19. The number of carbonyl (C=O) groups is 1. The highest BCUT2D eigenvalue weighted by molar-refractivity contribution is 7.91. The third kappa shape index (κ3) is 4.71. The molecule has 2 N–H and O–H groups in total. The Morgan fingerprint density at radius 2 is 1.59 bits per heavy atom. The summed E-state index contributed by atoms with van der Waals surface area (Å²) in [6, 6.07) is 16.0. The van der Waals surface area contributed by atoms with Gasteiger partial charge in [0.15, 0.2) is 0 Å². The third-order valence-electron chi connectivity index (χ3n) is 3.93. The number of anilines is 1. The summed E-state index contributed by atoms with van der Waals surface area (Å²) in [7, 11) is -3.58. The van der Waals surface area contributed by atoms with Crippen molar-refractivity contribution in [1.82, 2.24) is 10.3 Å². The van der Waals surface area contributed by atoms with E-state index in [1.807, 2.05) is 13.0 Å². The maximum atomic E-state index is 12.6. The van der Waals surface area contributed by atoms with Gasteiger partial charge in [0, 0.05) is 24.6 Å². The molecule has 0 aliphatic carbocycles. The molecule has 0 aliphatic rings. The van der Waals surface area contributed by atoms with Crippen LogP contribution in [-0.2, 0) is 16.4 Å². The summed E-state index contributed by atoms with van der Waals surface area (Å²) in [6.07, 6.45) is 3.33. The Morgan fingerprint density at radius 3 is 2.19 bits per heavy atom. The highest BCUT2D eigenvalue weighted by atomic mass is 32.2. The number of nitrogens with zero attached hydrogens (tertiary/aromatic N) is 1. The van der Waals surface area contributed by atoms with E-state index in [-0.39, 0.29) is 15.8 Å². The number of urea groups is 1. The molecule has 1 aromatic heterocycles. The minimum atomic E-state index is -3.58. The lowest BCUT2D eigenvalue weighted by molar-refractivity contribution is 0.251. The van der Waals surface area contributed by atoms with Crippen LogP contribution in [0.5, 0.6) is 0 Å². The molecule has 0 atom stereocenters. The molecule has 0 spiro atoms. The second kappa shape index (κ2) is 8.01. The third-order valence-corrected chi connectivity index (χ3v) is 5.72. The fourth-order valence-electron chi connectivity index (χ4n) is 2.43. The SMILES string of the molecule is Cc1ccc(S(=O)(=O)c2ccc(NC(=O)NCc3cccnc3)cc2)cc1. The first-order chi connectivity index (χ1) is 12.9. The van der Waals surface area contributed by atoms with Crippen molar-refractivity contribution < 1.29 is 13.2 Å². The van der Waals surface area contributed by atoms with E-state index in [4.69, 9.17) is 0 Å². The minimum Gasteiger partial charge on any atom is -0.334 e. The first kappa shape index (κ1) is 18.6. The average molecular weight is 381 g/mol. The summed E-state index contributed by atoms with van der Waals surface area (Å²) in [5.41, 5.74) is 2.37. The largest absolute Gasteiger partial charge is 0.334 e. The Balaban J connectivity index is 1.64. The van der Waals surface area contributed by atoms with Crippen LogP contribution in [-0.4, -0.2) is 19.4 Å². The van der Waals surface area contributed by atoms with Crippen LogP contribution in [0.4, 0.5) is 10.5 Å². The normalized spacial score (nSPS) is 11.0. The van der Waals surface area contributed by atoms with Crippen molar-refractivity contribution in [2.45, 2.75) is 23.3 Å². The van der Waals surface area contributed by atoms with E-state index in [0.717, 1.165) is 11.1 Å². The highest BCUT2D eigenvalue weighted by Crippen LogP contribution is 2.22. The molecule has 0 bridgehead atoms. The standard InChI is InChI=1S/C20H19N3O3S/c1-15-4-8-18(9-5-15)27(25,26)19-10-6-17(7-11-19)23-20(24)22-14-16-3-2-12-21-13-16/h2-13H,14H2,1H3,(H2,22,23,24). The topological polar surface area (TPSA) is 88.2 Å². The predicted molar refractivity (Wildman–Crippen MR) is 103 cm³/mol. The first-order valence-corrected chi connectivity index (χ1v) is 9.79. The van der Waals surface area contributed by atoms with Crippen LogP contribution >= 0.6 is 0 Å². The van der Waals surface area contributed by atoms with Crippen molar-refractivity contribution in [2.24, 2.45) is 0 Å². The molecule has 0 aliphatic heterocycles. The Bertz CT molecular complexity index is 1020. The fourth-order valence-corrected chi connectivity index (χ4v) is 3.69. The first-order valence-electron chi connectivity index (χ1n) is 8.31. The lowest BCUT2D eigenvalue weighted by Crippen LogP contribution is -2.28. The van der Waals surface area contributed by atoms with E-state index in [9.17, 15) is 13.2 Å². The second-order valence-corrected chi connectivity index (χ2v) is 7.96. The number of rotatable bonds is 5. The van der Waals surface area contributed by atoms with E-state index in [0.29, 0.717) is 12.2 Å². The maximum Gasteiger partial charge on any atom is 0.319 e. The molecular formula is C20H19N3O3S. The number of carbonyl (C=O) groups excluding carboxylic acids is 1. The quantitative estimate of drug-likeness (QED) is 0.707. The number of pyridine rings is 1. The van der Waals surface area contributed by atoms with Crippen molar-refractivity contribution >= 4 is 21.6 Å². The molecule has 0 saturated heterocycles. The Morgan fingerprint density at radius 1 is 0.963 bits per heavy atom. The zero-order chi connectivity index (χ0) is 19.3. The Labute approximate surface area is 158 Å². The van der Waals surface area contributed by atoms with E-state index in [1.165, 1.54) is 12.1 Å². The number of benzene rings is 2. The van der Waals surface area contributed by atoms with Crippen molar-refractivity contribution in [2.75, 3.05) is 5.32 Å². The van der Waals surface area contributed by atoms with Gasteiger partial charge in [0.25, 0.3) is 0 Å². The van der Waals surface area contributed by atoms with E-state index in [1.54, 1.807) is 54.9 Å². The van der Waals surface area contributed by atoms with Crippen LogP contribution in [0.25, 0.3) is 0 Å². The number of hydrogen-bond donors (Lipinski definition) is 2. The van der Waals surface area contributed by atoms with Crippen LogP contribution in [0, 0.1) is 6.92 Å². The van der Waals surface area contributed by atoms with Crippen LogP contribution in [0.15, 0.2) is 82.8 Å². The number of nitrogens with one attached hydrogen (secondary N) is 2. The van der Waals surface area contributed by atoms with E-state index in [2.05, 4.69) is 15.6 Å². The molecule has 1 heterocycles. The van der Waals surface area contributed by atoms with Crippen molar-refractivity contribution in [1.29, 1.82) is 0 Å². The molecule has 6 nitrogen and oxygen atoms in total. The molecule has 0 unspecified atom stereocenters. The van der Waals surface area contributed by atoms with Gasteiger partial charge >= 0.3 is 6.03 Å². The molecule has 0 fully saturated rings. The number of amides is 2. The van der Waals surface area contributed by atoms with Crippen LogP contribution in [0.3, 0.4) is 0 Å². The maximum absolute atomic E-state index is 12.6. The second-order valence-electron chi connectivity index (χ2n) is 6.01. The van der Waals surface area contributed by atoms with E-state index < -0.39 is 9.84 Å². The predicted octanol–water partition coefficient (Wildman–Crippen LogP) is 3.54. The van der Waals surface area contributed by atoms with Gasteiger partial charge in [-0.15, -0.1) is 0 Å². The summed E-state index contributed by atoms with van der Waals surface area (Å²) in [5.74, 6) is 0. The summed E-state index contributed by atoms with van der Waals surface area (Å²) in [4.78, 5) is 16.4. The molecular weight excluding hydrogens is 362 g/mol. The molecule has 138 valence electrons. The molecule has 2 amide bonds. The number of aryl methyl sites for hydroxylation is 1. The summed E-state index contributed by atoms with van der Waals surface area (Å²) >= 11 is 0. The lowest BCUT2D eigenvalue weighted by Gasteiger charge is -2.09. The van der Waals surface area contributed by atoms with Crippen LogP contribution in [0.1, 0.15) is 11.1 Å². The van der Waals surface area contributed by atoms with Gasteiger partial charge in [0.2, 0.25) is 9.84 Å². The van der Waals surface area contributed by atoms with E-state index >= 15 is 0 Å². The van der Waals surface area contributed by atoms with Gasteiger partial charge in [0.05, 0.1) is 9.79 Å². The zero-order valence-electron chi connectivity index (χ0n) is 14.7. The smallest absolute Gasteiger partial charge is 0.319 e. The summed E-state index contributed by atoms with van der Waals surface area (Å²) in [6.45, 7) is 2.25. The van der Waals surface area contributed by atoms with Crippen LogP contribution < -0.4 is 10.6 Å². The lowest BCUT2D eigenvalue weighted by atomic mass is 10.2. The van der Waals surface area contributed by atoms with Gasteiger partial charge in [-0.25, -0.2) is 13.2 Å². The molecule has 7 heteroatoms. The van der Waals surface area contributed by atoms with Gasteiger partial charge in [-0.3, -0.25) is 4.98 Å². The van der Waals surface area contributed by atoms with Gasteiger partial charge in [-0.2, -0.15) is 0 Å². The number of aromatic nitrogens is 1. The molecule has 0 radical (unpaired) electrons. The van der Waals surface area contributed by atoms with Gasteiger partial charge < -0.3 is 10.6 Å². The van der Waals surface area contributed by atoms with Crippen molar-refractivity contribution in [3.8, 4) is 0 Å². The van der Waals surface area contributed by atoms with Crippen molar-refractivity contribution in [3.63, 3.8) is 0 Å². The van der Waals surface area contributed by atoms with Gasteiger partial charge in [0.1, 0.15) is 0 Å². The molecule has 27 heavy (non-hydrogen) atoms. The van der Waals surface area contributed by atoms with Crippen molar-refractivity contribution in [3.05, 3.63) is 84.2 Å². The molecule has 3 aromatic rings. The van der Waals surface area contributed by atoms with Gasteiger partial charge in [-0.1, -0.05) is 23.8 Å². The average Bonchev–Trinajstić information content (AvgIpc) is 2.68.